The quantitative estimate of drug-likeness (QED) is 0.156. The van der Waals surface area contributed by atoms with E-state index in [2.05, 4.69) is 10.5 Å². The van der Waals surface area contributed by atoms with Crippen LogP contribution in [0, 0.1) is 5.41 Å². The summed E-state index contributed by atoms with van der Waals surface area (Å²) < 4.78 is -0.0833. The first-order chi connectivity index (χ1) is 4.88. The van der Waals surface area contributed by atoms with Crippen LogP contribution in [0.15, 0.2) is 0 Å². The summed E-state index contributed by atoms with van der Waals surface area (Å²) in [5, 5.41) is 15.7. The van der Waals surface area contributed by atoms with Gasteiger partial charge in [-0.05, 0) is 11.9 Å². The Morgan fingerprint density at radius 2 is 2.09 bits per heavy atom. The van der Waals surface area contributed by atoms with Crippen molar-refractivity contribution >= 4 is 11.9 Å². The fourth-order valence-electron chi connectivity index (χ4n) is 0.160. The molecule has 0 saturated carbocycles. The lowest BCUT2D eigenvalue weighted by atomic mass is 10.9. The van der Waals surface area contributed by atoms with E-state index in [1.165, 1.54) is 0 Å². The Balaban J connectivity index is 0.000000218. The Morgan fingerprint density at radius 1 is 1.82 bits per heavy atom. The van der Waals surface area contributed by atoms with Crippen LogP contribution in [0.1, 0.15) is 6.92 Å². The van der Waals surface area contributed by atoms with Crippen LogP contribution in [-0.4, -0.2) is 23.7 Å². The van der Waals surface area contributed by atoms with Gasteiger partial charge >= 0.3 is 5.96 Å². The zero-order chi connectivity index (χ0) is 9.07. The molecule has 0 bridgehead atoms. The molecule has 1 atom stereocenters. The van der Waals surface area contributed by atoms with Crippen LogP contribution in [-0.2, 0) is 9.73 Å². The molecule has 1 unspecified atom stereocenters. The number of carbonyl (C=O) groups is 1. The van der Waals surface area contributed by atoms with Gasteiger partial charge in [-0.15, -0.1) is 0 Å². The predicted molar refractivity (Wildman–Crippen MR) is 33.0 cm³/mol. The maximum atomic E-state index is 8.89. The number of carboxylic acid groups (broad SMARTS) is 1. The molecule has 1 heterocycles. The second-order valence-electron chi connectivity index (χ2n) is 1.98. The summed E-state index contributed by atoms with van der Waals surface area (Å²) in [6.45, 7) is 0.972. The van der Waals surface area contributed by atoms with Crippen LogP contribution in [0.4, 0.5) is 0 Å². The van der Waals surface area contributed by atoms with Gasteiger partial charge in [-0.3, -0.25) is 0 Å². The summed E-state index contributed by atoms with van der Waals surface area (Å²) >= 11 is 0. The molecular weight excluding hydrogens is 152 g/mol. The van der Waals surface area contributed by atoms with Crippen molar-refractivity contribution in [3.63, 3.8) is 0 Å². The van der Waals surface area contributed by atoms with Gasteiger partial charge in [0.25, 0.3) is 0 Å². The van der Waals surface area contributed by atoms with Gasteiger partial charge in [0.15, 0.2) is 0 Å². The maximum absolute atomic E-state index is 8.89. The largest absolute Gasteiger partial charge is 0.550 e. The summed E-state index contributed by atoms with van der Waals surface area (Å²) in [7, 11) is 1.63. The van der Waals surface area contributed by atoms with Crippen LogP contribution in [0.3, 0.4) is 0 Å². The van der Waals surface area contributed by atoms with Crippen molar-refractivity contribution in [3.05, 3.63) is 0 Å². The van der Waals surface area contributed by atoms with E-state index in [0.717, 1.165) is 6.92 Å². The number of hydroxylamine groups is 2. The standard InChI is InChI=1S/C2H7N4O.C2H4O2/c1-6(2(3)4)5-7-6;1-2(3)4/h5H,1H3,(H3,3,4);1H3,(H,3,4)/q+1;/p-1. The minimum Gasteiger partial charge on any atom is -0.550 e. The first kappa shape index (κ1) is 9.82. The lowest BCUT2D eigenvalue weighted by molar-refractivity contribution is -0.823. The van der Waals surface area contributed by atoms with Gasteiger partial charge in [0.05, 0.1) is 5.59 Å². The number of nitrogens with one attached hydrogen (secondary N) is 2. The maximum Gasteiger partial charge on any atom is 0.350 e. The zero-order valence-electron chi connectivity index (χ0n) is 6.25. The molecule has 1 rings (SSSR count). The van der Waals surface area contributed by atoms with E-state index < -0.39 is 5.97 Å². The highest BCUT2D eigenvalue weighted by atomic mass is 17.1. The van der Waals surface area contributed by atoms with Gasteiger partial charge in [-0.25, -0.2) is 5.41 Å². The Morgan fingerprint density at radius 3 is 2.09 bits per heavy atom. The highest BCUT2D eigenvalue weighted by Crippen LogP contribution is 2.07. The number of hydrogen-bond acceptors (Lipinski definition) is 5. The first-order valence-electron chi connectivity index (χ1n) is 2.73. The van der Waals surface area contributed by atoms with E-state index in [1.807, 2.05) is 0 Å². The van der Waals surface area contributed by atoms with E-state index in [0.29, 0.717) is 0 Å². The predicted octanol–water partition coefficient (Wildman–Crippen LogP) is -2.55. The Bertz CT molecular complexity index is 172. The van der Waals surface area contributed by atoms with E-state index in [4.69, 9.17) is 21.0 Å². The summed E-state index contributed by atoms with van der Waals surface area (Å²) in [5.41, 5.74) is 7.40. The average Bonchev–Trinajstić information content (AvgIpc) is 2.46. The number of nitrogens with two attached hydrogens (primary N) is 1. The molecule has 0 spiro atoms. The molecule has 1 aliphatic rings. The molecule has 1 fully saturated rings. The molecule has 7 heteroatoms. The monoisotopic (exact) mass is 162 g/mol. The van der Waals surface area contributed by atoms with Crippen molar-refractivity contribution in [2.45, 2.75) is 6.92 Å². The number of carbonyl (C=O) groups excluding carboxylic acids is 1. The van der Waals surface area contributed by atoms with E-state index in [-0.39, 0.29) is 10.7 Å². The highest BCUT2D eigenvalue weighted by Gasteiger charge is 2.46. The molecule has 0 aromatic heterocycles. The molecule has 0 amide bonds. The second-order valence-corrected chi connectivity index (χ2v) is 1.98. The molecule has 1 saturated heterocycles. The van der Waals surface area contributed by atoms with Gasteiger partial charge < -0.3 is 15.6 Å². The SMILES string of the molecule is CC(=O)[O-].C[N+]1(C(=N)N)NO1. The molecule has 64 valence electrons. The summed E-state index contributed by atoms with van der Waals surface area (Å²) in [6.07, 6.45) is 0. The molecule has 0 aromatic rings. The molecule has 4 N–H and O–H groups in total. The number of quaternary nitrogens is 1. The Labute approximate surface area is 63.3 Å². The summed E-state index contributed by atoms with van der Waals surface area (Å²) in [4.78, 5) is 13.4. The van der Waals surface area contributed by atoms with Gasteiger partial charge in [-0.2, -0.15) is 0 Å². The van der Waals surface area contributed by atoms with Crippen molar-refractivity contribution in [3.8, 4) is 0 Å². The summed E-state index contributed by atoms with van der Waals surface area (Å²) in [5.74, 6) is -1.12. The van der Waals surface area contributed by atoms with Crippen LogP contribution in [0.5, 0.6) is 0 Å². The first-order valence-corrected chi connectivity index (χ1v) is 2.73. The molecule has 1 aliphatic heterocycles. The smallest absolute Gasteiger partial charge is 0.350 e. The normalized spacial score (nSPS) is 26.4. The third-order valence-corrected chi connectivity index (χ3v) is 0.825. The summed E-state index contributed by atoms with van der Waals surface area (Å²) in [6, 6.07) is 0. The molecule has 11 heavy (non-hydrogen) atoms. The van der Waals surface area contributed by atoms with Gasteiger partial charge in [0, 0.05) is 10.7 Å². The lowest BCUT2D eigenvalue weighted by Crippen LogP contribution is -2.37. The van der Waals surface area contributed by atoms with Gasteiger partial charge in [0.2, 0.25) is 0 Å². The number of guanidine groups is 1. The van der Waals surface area contributed by atoms with Crippen LogP contribution >= 0.6 is 0 Å². The average molecular weight is 162 g/mol. The molecule has 0 aliphatic carbocycles. The van der Waals surface area contributed by atoms with E-state index in [1.54, 1.807) is 7.05 Å². The molecule has 0 radical (unpaired) electrons. The fraction of sp³-hybridized carbons (Fsp3) is 0.500. The number of rotatable bonds is 0. The van der Waals surface area contributed by atoms with Crippen molar-refractivity contribution in [2.24, 2.45) is 5.73 Å². The number of carboxylic acids is 1. The van der Waals surface area contributed by atoms with Gasteiger partial charge in [-0.1, -0.05) is 0 Å². The fourth-order valence-corrected chi connectivity index (χ4v) is 0.160. The third kappa shape index (κ3) is 4.25. The minimum absolute atomic E-state index is 0.0417. The Kier molecular flexibility index (Phi) is 2.93. The number of aliphatic carboxylic acids is 1. The topological polar surface area (TPSA) is 124 Å². The van der Waals surface area contributed by atoms with Crippen molar-refractivity contribution in [2.75, 3.05) is 7.05 Å². The number of hydrogen-bond donors (Lipinski definition) is 3. The third-order valence-electron chi connectivity index (χ3n) is 0.825. The molecule has 0 aromatic carbocycles. The van der Waals surface area contributed by atoms with Crippen molar-refractivity contribution < 1.29 is 19.6 Å². The van der Waals surface area contributed by atoms with Crippen molar-refractivity contribution in [1.29, 1.82) is 5.41 Å². The Hall–Kier alpha value is -1.18. The van der Waals surface area contributed by atoms with Crippen LogP contribution in [0.2, 0.25) is 0 Å². The van der Waals surface area contributed by atoms with Crippen LogP contribution in [0.25, 0.3) is 0 Å². The number of nitrogens with zero attached hydrogens (tertiary/aromatic N) is 1. The zero-order valence-corrected chi connectivity index (χ0v) is 6.25. The molecule has 7 nitrogen and oxygen atoms in total. The van der Waals surface area contributed by atoms with Crippen molar-refractivity contribution in [1.82, 2.24) is 5.59 Å². The van der Waals surface area contributed by atoms with Crippen LogP contribution < -0.4 is 16.4 Å². The minimum atomic E-state index is -1.08. The van der Waals surface area contributed by atoms with Gasteiger partial charge in [0.1, 0.15) is 7.05 Å². The van der Waals surface area contributed by atoms with E-state index in [9.17, 15) is 0 Å². The highest BCUT2D eigenvalue weighted by molar-refractivity contribution is 5.66. The molecular formula is C4H10N4O3. The second kappa shape index (κ2) is 3.28. The lowest BCUT2D eigenvalue weighted by Gasteiger charge is -1.91. The van der Waals surface area contributed by atoms with E-state index >= 15 is 0 Å².